The third-order valence-corrected chi connectivity index (χ3v) is 8.97. The topological polar surface area (TPSA) is 165 Å². The summed E-state index contributed by atoms with van der Waals surface area (Å²) in [6.07, 6.45) is 4.23. The normalized spacial score (nSPS) is 15.4. The van der Waals surface area contributed by atoms with Crippen LogP contribution >= 0.6 is 9.47 Å². The van der Waals surface area contributed by atoms with Crippen LogP contribution in [-0.2, 0) is 43.3 Å². The highest BCUT2D eigenvalue weighted by atomic mass is 31.0. The number of amides is 4. The lowest BCUT2D eigenvalue weighted by Gasteiger charge is -2.22. The molecule has 0 saturated carbocycles. The Morgan fingerprint density at radius 3 is 2.37 bits per heavy atom. The number of unbranched alkanes of at least 4 members (excludes halogenated alkanes) is 1. The number of anilines is 2. The van der Waals surface area contributed by atoms with Crippen molar-refractivity contribution in [3.63, 3.8) is 0 Å². The van der Waals surface area contributed by atoms with Gasteiger partial charge in [-0.2, -0.15) is 0 Å². The van der Waals surface area contributed by atoms with Gasteiger partial charge in [0.1, 0.15) is 24.5 Å². The zero-order valence-corrected chi connectivity index (χ0v) is 30.8. The number of hydrogen-bond donors (Lipinski definition) is 3. The van der Waals surface area contributed by atoms with Crippen LogP contribution in [0.25, 0.3) is 0 Å². The average molecular weight is 730 g/mol. The van der Waals surface area contributed by atoms with Crippen molar-refractivity contribution >= 4 is 62.2 Å². The van der Waals surface area contributed by atoms with Crippen LogP contribution in [0.4, 0.5) is 17.1 Å². The number of rotatable bonds is 16. The van der Waals surface area contributed by atoms with Crippen LogP contribution in [0.5, 0.6) is 11.5 Å². The molecule has 2 heterocycles. The number of fused-ring (bicyclic) bond motifs is 4. The fourth-order valence-electron chi connectivity index (χ4n) is 6.14. The van der Waals surface area contributed by atoms with Gasteiger partial charge in [0.25, 0.3) is 5.91 Å². The molecule has 3 aromatic rings. The van der Waals surface area contributed by atoms with Gasteiger partial charge in [0.05, 0.1) is 31.0 Å². The van der Waals surface area contributed by atoms with Crippen molar-refractivity contribution in [2.45, 2.75) is 84.2 Å². The Balaban J connectivity index is 1.23. The summed E-state index contributed by atoms with van der Waals surface area (Å²) in [5.74, 6) is -0.620. The van der Waals surface area contributed by atoms with Crippen LogP contribution < -0.4 is 30.3 Å². The molecular weight excluding hydrogens is 685 g/mol. The summed E-state index contributed by atoms with van der Waals surface area (Å²) in [5, 5.41) is 8.10. The zero-order valence-electron chi connectivity index (χ0n) is 29.7. The van der Waals surface area contributed by atoms with E-state index in [4.69, 9.17) is 14.0 Å². The maximum Gasteiger partial charge on any atom is 0.261 e. The van der Waals surface area contributed by atoms with Gasteiger partial charge >= 0.3 is 0 Å². The van der Waals surface area contributed by atoms with E-state index in [9.17, 15) is 24.0 Å². The lowest BCUT2D eigenvalue weighted by molar-refractivity contribution is -0.130. The van der Waals surface area contributed by atoms with Crippen molar-refractivity contribution in [2.24, 2.45) is 4.99 Å². The SMILES string of the molecule is COc1cc2c(cc1OCc1cc(COP)cc(NC(=O)[C@H](C)NC(=O)[C@H](C)NC(=O)CCCCC(C)=O)c1)N=C[C@@H]1Cc3ccccc3N1C2=O. The second-order valence-electron chi connectivity index (χ2n) is 12.9. The van der Waals surface area contributed by atoms with E-state index in [-0.39, 0.29) is 43.3 Å². The Morgan fingerprint density at radius 1 is 0.923 bits per heavy atom. The summed E-state index contributed by atoms with van der Waals surface area (Å²) in [6.45, 7) is 4.91. The number of Topliss-reactive ketones (excluding diaryl/α,β-unsaturated/α-hetero) is 1. The number of hydrogen-bond acceptors (Lipinski definition) is 9. The minimum absolute atomic E-state index is 0.0680. The molecule has 0 bridgehead atoms. The molecule has 0 saturated heterocycles. The van der Waals surface area contributed by atoms with E-state index in [1.807, 2.05) is 30.3 Å². The van der Waals surface area contributed by atoms with Crippen molar-refractivity contribution in [2.75, 3.05) is 17.3 Å². The van der Waals surface area contributed by atoms with Crippen molar-refractivity contribution < 1.29 is 38.0 Å². The maximum atomic E-state index is 13.8. The number of carbonyl (C=O) groups excluding carboxylic acids is 5. The highest BCUT2D eigenvalue weighted by Gasteiger charge is 2.36. The van der Waals surface area contributed by atoms with Gasteiger partial charge in [-0.15, -0.1) is 0 Å². The molecule has 274 valence electrons. The van der Waals surface area contributed by atoms with Crippen molar-refractivity contribution in [3.8, 4) is 11.5 Å². The third kappa shape index (κ3) is 9.40. The second-order valence-corrected chi connectivity index (χ2v) is 13.3. The quantitative estimate of drug-likeness (QED) is 0.138. The molecule has 13 nitrogen and oxygen atoms in total. The summed E-state index contributed by atoms with van der Waals surface area (Å²) in [7, 11) is 3.70. The number of carbonyl (C=O) groups is 5. The molecule has 0 radical (unpaired) electrons. The van der Waals surface area contributed by atoms with Gasteiger partial charge in [0.2, 0.25) is 17.7 Å². The van der Waals surface area contributed by atoms with Crippen molar-refractivity contribution in [1.29, 1.82) is 0 Å². The van der Waals surface area contributed by atoms with Crippen LogP contribution in [0.15, 0.2) is 59.6 Å². The Bertz CT molecular complexity index is 1880. The first-order valence-electron chi connectivity index (χ1n) is 17.1. The van der Waals surface area contributed by atoms with E-state index in [2.05, 4.69) is 30.4 Å². The standard InChI is InChI=1S/C38H44N5O8P/c1-22(44)9-5-8-12-35(45)40-23(2)36(46)41-24(3)37(47)42-28-14-25(13-26(15-28)21-51-52)20-50-34-18-31-30(17-33(34)49-4)38(48)43-29(19-39-31)16-27-10-6-7-11-32(27)43/h6-7,10-11,13-15,17-19,23-24,29H,5,8-9,12,16,20-21,52H2,1-4H3,(H,40,45)(H,41,46)(H,42,47)/t23-,24-,29-/m0/s1. The molecule has 0 aromatic heterocycles. The summed E-state index contributed by atoms with van der Waals surface area (Å²) in [6, 6.07) is 14.6. The second kappa shape index (κ2) is 17.4. The van der Waals surface area contributed by atoms with E-state index in [1.54, 1.807) is 42.3 Å². The predicted octanol–water partition coefficient (Wildman–Crippen LogP) is 4.97. The Hall–Kier alpha value is -5.13. The number of aliphatic imine (C=N–C) groups is 1. The van der Waals surface area contributed by atoms with Gasteiger partial charge < -0.3 is 34.7 Å². The number of nitrogens with one attached hydrogen (secondary N) is 3. The molecule has 52 heavy (non-hydrogen) atoms. The van der Waals surface area contributed by atoms with E-state index in [1.165, 1.54) is 21.0 Å². The lowest BCUT2D eigenvalue weighted by atomic mass is 10.1. The minimum Gasteiger partial charge on any atom is -0.493 e. The smallest absolute Gasteiger partial charge is 0.261 e. The van der Waals surface area contributed by atoms with Crippen LogP contribution in [0.3, 0.4) is 0 Å². The summed E-state index contributed by atoms with van der Waals surface area (Å²) >= 11 is 0. The molecule has 5 rings (SSSR count). The summed E-state index contributed by atoms with van der Waals surface area (Å²) < 4.78 is 17.1. The molecule has 0 aliphatic carbocycles. The average Bonchev–Trinajstić information content (AvgIpc) is 3.43. The fraction of sp³-hybridized carbons (Fsp3) is 0.368. The highest BCUT2D eigenvalue weighted by molar-refractivity contribution is 7.09. The van der Waals surface area contributed by atoms with E-state index < -0.39 is 23.9 Å². The molecule has 3 N–H and O–H groups in total. The van der Waals surface area contributed by atoms with Gasteiger partial charge in [-0.05, 0) is 80.6 Å². The Labute approximate surface area is 305 Å². The van der Waals surface area contributed by atoms with E-state index >= 15 is 0 Å². The monoisotopic (exact) mass is 729 g/mol. The van der Waals surface area contributed by atoms with Crippen LogP contribution in [0.2, 0.25) is 0 Å². The molecule has 1 unspecified atom stereocenters. The molecule has 2 aliphatic rings. The molecule has 14 heteroatoms. The molecule has 2 aliphatic heterocycles. The summed E-state index contributed by atoms with van der Waals surface area (Å²) in [5.41, 5.74) is 4.77. The van der Waals surface area contributed by atoms with Gasteiger partial charge in [-0.25, -0.2) is 0 Å². The number of benzene rings is 3. The number of ether oxygens (including phenoxy) is 2. The van der Waals surface area contributed by atoms with E-state index in [0.29, 0.717) is 59.7 Å². The van der Waals surface area contributed by atoms with Crippen LogP contribution in [0, 0.1) is 0 Å². The number of methoxy groups -OCH3 is 1. The Kier molecular flexibility index (Phi) is 12.7. The molecule has 0 fully saturated rings. The first-order valence-corrected chi connectivity index (χ1v) is 17.6. The molecule has 4 amide bonds. The fourth-order valence-corrected chi connectivity index (χ4v) is 6.33. The number of nitrogens with zero attached hydrogens (tertiary/aromatic N) is 2. The highest BCUT2D eigenvalue weighted by Crippen LogP contribution is 2.41. The molecule has 3 aromatic carbocycles. The van der Waals surface area contributed by atoms with Crippen LogP contribution in [-0.4, -0.2) is 60.9 Å². The van der Waals surface area contributed by atoms with Gasteiger partial charge in [-0.1, -0.05) is 18.2 Å². The van der Waals surface area contributed by atoms with Crippen LogP contribution in [0.1, 0.15) is 73.5 Å². The van der Waals surface area contributed by atoms with Gasteiger partial charge in [0.15, 0.2) is 11.5 Å². The van der Waals surface area contributed by atoms with E-state index in [0.717, 1.165) is 16.8 Å². The molecular formula is C38H44N5O8P. The summed E-state index contributed by atoms with van der Waals surface area (Å²) in [4.78, 5) is 69.4. The molecule has 0 spiro atoms. The largest absolute Gasteiger partial charge is 0.493 e. The third-order valence-electron chi connectivity index (χ3n) is 8.80. The maximum absolute atomic E-state index is 13.8. The van der Waals surface area contributed by atoms with Crippen molar-refractivity contribution in [3.05, 3.63) is 76.9 Å². The first-order chi connectivity index (χ1) is 25.0. The van der Waals surface area contributed by atoms with Crippen molar-refractivity contribution in [1.82, 2.24) is 10.6 Å². The predicted molar refractivity (Wildman–Crippen MR) is 200 cm³/mol. The zero-order chi connectivity index (χ0) is 37.4. The Morgan fingerprint density at radius 2 is 1.63 bits per heavy atom. The first kappa shape index (κ1) is 38.1. The lowest BCUT2D eigenvalue weighted by Crippen LogP contribution is -2.50. The number of ketones is 1. The van der Waals surface area contributed by atoms with Gasteiger partial charge in [0, 0.05) is 52.4 Å². The molecule has 4 atom stereocenters. The van der Waals surface area contributed by atoms with Gasteiger partial charge in [-0.3, -0.25) is 29.1 Å². The number of para-hydroxylation sites is 1. The minimum atomic E-state index is -0.916.